The maximum absolute atomic E-state index is 11.6. The van der Waals surface area contributed by atoms with E-state index in [-0.39, 0.29) is 24.5 Å². The van der Waals surface area contributed by atoms with E-state index in [0.717, 1.165) is 37.0 Å². The maximum Gasteiger partial charge on any atom is 0.333 e. The van der Waals surface area contributed by atoms with Crippen LogP contribution in [0.3, 0.4) is 0 Å². The van der Waals surface area contributed by atoms with Gasteiger partial charge in [-0.15, -0.1) is 0 Å². The van der Waals surface area contributed by atoms with Gasteiger partial charge in [-0.1, -0.05) is 25.3 Å². The van der Waals surface area contributed by atoms with E-state index in [1.54, 1.807) is 6.92 Å². The summed E-state index contributed by atoms with van der Waals surface area (Å²) in [6.45, 7) is 11.1. The van der Waals surface area contributed by atoms with E-state index in [4.69, 9.17) is 14.2 Å². The summed E-state index contributed by atoms with van der Waals surface area (Å²) >= 11 is 0. The molecule has 2 atom stereocenters. The number of epoxide rings is 1. The molecule has 2 unspecified atom stereocenters. The molecule has 1 aromatic rings. The first kappa shape index (κ1) is 17.7. The van der Waals surface area contributed by atoms with Crippen LogP contribution in [0.2, 0.25) is 0 Å². The third kappa shape index (κ3) is 4.51. The molecule has 134 valence electrons. The molecule has 0 radical (unpaired) electrons. The van der Waals surface area contributed by atoms with Crippen molar-refractivity contribution in [3.8, 4) is 5.75 Å². The molecular formula is C21H26O4. The number of carbonyl (C=O) groups is 1. The highest BCUT2D eigenvalue weighted by atomic mass is 16.8. The average Bonchev–Trinajstić information content (AvgIpc) is 3.36. The molecule has 1 heterocycles. The van der Waals surface area contributed by atoms with Crippen LogP contribution in [0.4, 0.5) is 0 Å². The Hall–Kier alpha value is -2.07. The van der Waals surface area contributed by atoms with E-state index < -0.39 is 0 Å². The highest BCUT2D eigenvalue weighted by Gasteiger charge is 2.42. The van der Waals surface area contributed by atoms with Crippen molar-refractivity contribution >= 4 is 5.97 Å². The molecule has 0 amide bonds. The first-order valence-corrected chi connectivity index (χ1v) is 8.88. The predicted octanol–water partition coefficient (Wildman–Crippen LogP) is 4.51. The smallest absolute Gasteiger partial charge is 0.333 e. The van der Waals surface area contributed by atoms with Crippen molar-refractivity contribution in [1.82, 2.24) is 0 Å². The highest BCUT2D eigenvalue weighted by molar-refractivity contribution is 5.87. The average molecular weight is 342 g/mol. The number of ether oxygens (including phenoxy) is 3. The SMILES string of the molecule is C=C(C)C(=O)OC1CCC(c2ccc(OC3OC3C(=C)C)cc2)CC1. The van der Waals surface area contributed by atoms with Gasteiger partial charge in [0, 0.05) is 5.57 Å². The fourth-order valence-electron chi connectivity index (χ4n) is 3.26. The number of carbonyl (C=O) groups excluding carboxylic acids is 1. The molecule has 4 nitrogen and oxygen atoms in total. The maximum atomic E-state index is 11.6. The quantitative estimate of drug-likeness (QED) is 0.330. The third-order valence-electron chi connectivity index (χ3n) is 4.84. The van der Waals surface area contributed by atoms with Crippen LogP contribution in [0.5, 0.6) is 5.75 Å². The fourth-order valence-corrected chi connectivity index (χ4v) is 3.26. The molecule has 25 heavy (non-hydrogen) atoms. The van der Waals surface area contributed by atoms with Crippen molar-refractivity contribution in [3.05, 3.63) is 54.1 Å². The molecule has 0 aromatic heterocycles. The van der Waals surface area contributed by atoms with Crippen molar-refractivity contribution in [3.63, 3.8) is 0 Å². The zero-order valence-electron chi connectivity index (χ0n) is 15.0. The minimum atomic E-state index is -0.277. The van der Waals surface area contributed by atoms with Gasteiger partial charge in [-0.05, 0) is 68.7 Å². The number of benzene rings is 1. The van der Waals surface area contributed by atoms with E-state index >= 15 is 0 Å². The van der Waals surface area contributed by atoms with Crippen LogP contribution >= 0.6 is 0 Å². The van der Waals surface area contributed by atoms with Crippen molar-refractivity contribution in [1.29, 1.82) is 0 Å². The number of hydrogen-bond acceptors (Lipinski definition) is 4. The number of rotatable bonds is 6. The number of esters is 1. The molecule has 4 heteroatoms. The lowest BCUT2D eigenvalue weighted by Gasteiger charge is -2.28. The van der Waals surface area contributed by atoms with Gasteiger partial charge >= 0.3 is 5.97 Å². The van der Waals surface area contributed by atoms with Crippen LogP contribution < -0.4 is 4.74 Å². The summed E-state index contributed by atoms with van der Waals surface area (Å²) in [4.78, 5) is 11.6. The van der Waals surface area contributed by atoms with Gasteiger partial charge in [0.05, 0.1) is 0 Å². The molecule has 1 aliphatic carbocycles. The molecule has 1 aliphatic heterocycles. The van der Waals surface area contributed by atoms with E-state index in [1.165, 1.54) is 5.56 Å². The topological polar surface area (TPSA) is 48.1 Å². The Kier molecular flexibility index (Phi) is 5.28. The standard InChI is InChI=1S/C21H26O4/c1-13(2)19-21(25-19)24-18-11-7-16(8-12-18)15-5-9-17(10-6-15)23-20(22)14(3)4/h7-8,11-12,15,17,19,21H,1,3,5-6,9-10H2,2,4H3. The van der Waals surface area contributed by atoms with Gasteiger partial charge in [-0.3, -0.25) is 0 Å². The normalized spacial score (nSPS) is 28.1. The summed E-state index contributed by atoms with van der Waals surface area (Å²) in [6.07, 6.45) is 3.71. The van der Waals surface area contributed by atoms with Crippen molar-refractivity contribution < 1.29 is 19.0 Å². The Balaban J connectivity index is 1.48. The van der Waals surface area contributed by atoms with Crippen LogP contribution in [-0.4, -0.2) is 24.5 Å². The Morgan fingerprint density at radius 3 is 2.24 bits per heavy atom. The largest absolute Gasteiger partial charge is 0.462 e. The van der Waals surface area contributed by atoms with Crippen LogP contribution in [0.15, 0.2) is 48.6 Å². The van der Waals surface area contributed by atoms with Crippen LogP contribution in [-0.2, 0) is 14.3 Å². The lowest BCUT2D eigenvalue weighted by Crippen LogP contribution is -2.24. The predicted molar refractivity (Wildman–Crippen MR) is 96.4 cm³/mol. The fraction of sp³-hybridized carbons (Fsp3) is 0.476. The van der Waals surface area contributed by atoms with E-state index in [9.17, 15) is 4.79 Å². The van der Waals surface area contributed by atoms with E-state index in [2.05, 4.69) is 25.3 Å². The Labute approximate surface area is 149 Å². The van der Waals surface area contributed by atoms with Gasteiger partial charge in [-0.2, -0.15) is 0 Å². The second-order valence-corrected chi connectivity index (χ2v) is 7.12. The van der Waals surface area contributed by atoms with Gasteiger partial charge in [0.2, 0.25) is 6.29 Å². The summed E-state index contributed by atoms with van der Waals surface area (Å²) in [6, 6.07) is 8.25. The monoisotopic (exact) mass is 342 g/mol. The first-order chi connectivity index (χ1) is 11.9. The van der Waals surface area contributed by atoms with Gasteiger partial charge in [0.1, 0.15) is 18.0 Å². The number of hydrogen-bond donors (Lipinski definition) is 0. The Bertz CT molecular complexity index is 653. The van der Waals surface area contributed by atoms with Gasteiger partial charge in [0.15, 0.2) is 0 Å². The molecular weight excluding hydrogens is 316 g/mol. The lowest BCUT2D eigenvalue weighted by atomic mass is 9.83. The minimum Gasteiger partial charge on any atom is -0.462 e. The van der Waals surface area contributed by atoms with Gasteiger partial charge in [-0.25, -0.2) is 4.79 Å². The Morgan fingerprint density at radius 2 is 1.72 bits per heavy atom. The van der Waals surface area contributed by atoms with E-state index in [1.807, 2.05) is 19.1 Å². The molecule has 1 saturated heterocycles. The molecule has 2 aliphatic rings. The molecule has 1 aromatic carbocycles. The van der Waals surface area contributed by atoms with E-state index in [0.29, 0.717) is 11.5 Å². The highest BCUT2D eigenvalue weighted by Crippen LogP contribution is 2.36. The van der Waals surface area contributed by atoms with Crippen LogP contribution in [0.25, 0.3) is 0 Å². The second-order valence-electron chi connectivity index (χ2n) is 7.12. The molecule has 1 saturated carbocycles. The van der Waals surface area contributed by atoms with Crippen LogP contribution in [0, 0.1) is 0 Å². The molecule has 0 spiro atoms. The summed E-state index contributed by atoms with van der Waals surface area (Å²) < 4.78 is 16.7. The third-order valence-corrected chi connectivity index (χ3v) is 4.84. The first-order valence-electron chi connectivity index (χ1n) is 8.88. The molecule has 0 N–H and O–H groups in total. The molecule has 0 bridgehead atoms. The summed E-state index contributed by atoms with van der Waals surface area (Å²) in [5.74, 6) is 1.05. The van der Waals surface area contributed by atoms with Crippen molar-refractivity contribution in [2.24, 2.45) is 0 Å². The lowest BCUT2D eigenvalue weighted by molar-refractivity contribution is -0.145. The summed E-state index contributed by atoms with van der Waals surface area (Å²) in [5, 5.41) is 0. The second kappa shape index (κ2) is 7.44. The van der Waals surface area contributed by atoms with Crippen molar-refractivity contribution in [2.75, 3.05) is 0 Å². The Morgan fingerprint density at radius 1 is 1.08 bits per heavy atom. The van der Waals surface area contributed by atoms with Gasteiger partial charge in [0.25, 0.3) is 0 Å². The van der Waals surface area contributed by atoms with Crippen molar-refractivity contribution in [2.45, 2.75) is 63.9 Å². The zero-order chi connectivity index (χ0) is 18.0. The summed E-state index contributed by atoms with van der Waals surface area (Å²) in [7, 11) is 0. The zero-order valence-corrected chi connectivity index (χ0v) is 15.0. The van der Waals surface area contributed by atoms with Gasteiger partial charge < -0.3 is 14.2 Å². The van der Waals surface area contributed by atoms with Crippen LogP contribution in [0.1, 0.15) is 51.0 Å². The molecule has 2 fully saturated rings. The minimum absolute atomic E-state index is 0.0224. The molecule has 3 rings (SSSR count). The summed E-state index contributed by atoms with van der Waals surface area (Å²) in [5.41, 5.74) is 2.77.